The van der Waals surface area contributed by atoms with Crippen molar-refractivity contribution in [2.24, 2.45) is 0 Å². The lowest BCUT2D eigenvalue weighted by Gasteiger charge is -2.33. The zero-order valence-electron chi connectivity index (χ0n) is 16.9. The van der Waals surface area contributed by atoms with Crippen molar-refractivity contribution in [1.29, 1.82) is 0 Å². The molecule has 1 amide bonds. The number of nitrogens with zero attached hydrogens (tertiary/aromatic N) is 4. The summed E-state index contributed by atoms with van der Waals surface area (Å²) in [5.74, 6) is 2.25. The maximum atomic E-state index is 13.0. The number of piperidine rings is 1. The number of hydrogen-bond acceptors (Lipinski definition) is 6. The zero-order valence-corrected chi connectivity index (χ0v) is 16.9. The molecule has 0 saturated carbocycles. The topological polar surface area (TPSA) is 81.4 Å². The average molecular weight is 392 g/mol. The number of ether oxygens (including phenoxy) is 1. The summed E-state index contributed by atoms with van der Waals surface area (Å²) in [6.45, 7) is 5.11. The number of aromatic nitrogens is 3. The molecule has 0 aliphatic carbocycles. The highest BCUT2D eigenvalue weighted by Crippen LogP contribution is 2.33. The van der Waals surface area contributed by atoms with E-state index in [1.807, 2.05) is 49.1 Å². The Bertz CT molecular complexity index is 1010. The third kappa shape index (κ3) is 3.99. The van der Waals surface area contributed by atoms with Crippen molar-refractivity contribution in [3.8, 4) is 17.1 Å². The quantitative estimate of drug-likeness (QED) is 0.672. The van der Waals surface area contributed by atoms with Crippen molar-refractivity contribution >= 4 is 5.91 Å². The Hall–Kier alpha value is -3.22. The van der Waals surface area contributed by atoms with Gasteiger partial charge in [0.05, 0.1) is 24.1 Å². The molecule has 29 heavy (non-hydrogen) atoms. The van der Waals surface area contributed by atoms with Gasteiger partial charge in [-0.1, -0.05) is 5.16 Å². The molecule has 1 aliphatic heterocycles. The molecule has 1 aromatic carbocycles. The van der Waals surface area contributed by atoms with Crippen molar-refractivity contribution in [3.63, 3.8) is 0 Å². The third-order valence-corrected chi connectivity index (χ3v) is 5.26. The standard InChI is InChI=1S/C22H24N4O3/c1-14-11-20(29-25-14)19-12-23-15(2)24-21(19)17-5-4-10-26(13-17)22(27)16-6-8-18(28-3)9-7-16/h6-9,11-12,17H,4-5,10,13H2,1-3H3. The molecule has 7 nitrogen and oxygen atoms in total. The van der Waals surface area contributed by atoms with Crippen LogP contribution in [0.3, 0.4) is 0 Å². The van der Waals surface area contributed by atoms with E-state index >= 15 is 0 Å². The largest absolute Gasteiger partial charge is 0.497 e. The van der Waals surface area contributed by atoms with Gasteiger partial charge < -0.3 is 14.2 Å². The van der Waals surface area contributed by atoms with Gasteiger partial charge in [-0.15, -0.1) is 0 Å². The number of benzene rings is 1. The van der Waals surface area contributed by atoms with Crippen LogP contribution in [0.1, 0.15) is 46.3 Å². The molecule has 7 heteroatoms. The molecule has 4 rings (SSSR count). The monoisotopic (exact) mass is 392 g/mol. The predicted molar refractivity (Wildman–Crippen MR) is 108 cm³/mol. The average Bonchev–Trinajstić information content (AvgIpc) is 3.19. The number of carbonyl (C=O) groups excluding carboxylic acids is 1. The van der Waals surface area contributed by atoms with Gasteiger partial charge in [0.25, 0.3) is 5.91 Å². The lowest BCUT2D eigenvalue weighted by atomic mass is 9.91. The van der Waals surface area contributed by atoms with Gasteiger partial charge in [-0.05, 0) is 51.0 Å². The minimum Gasteiger partial charge on any atom is -0.497 e. The zero-order chi connectivity index (χ0) is 20.4. The smallest absolute Gasteiger partial charge is 0.253 e. The Balaban J connectivity index is 1.60. The van der Waals surface area contributed by atoms with Crippen LogP contribution < -0.4 is 4.74 Å². The lowest BCUT2D eigenvalue weighted by Crippen LogP contribution is -2.39. The van der Waals surface area contributed by atoms with Gasteiger partial charge in [0.1, 0.15) is 11.6 Å². The molecule has 1 atom stereocenters. The number of carbonyl (C=O) groups is 1. The molecule has 1 fully saturated rings. The van der Waals surface area contributed by atoms with Gasteiger partial charge in [0.2, 0.25) is 0 Å². The van der Waals surface area contributed by atoms with Crippen LogP contribution in [0.2, 0.25) is 0 Å². The maximum Gasteiger partial charge on any atom is 0.253 e. The summed E-state index contributed by atoms with van der Waals surface area (Å²) in [7, 11) is 1.61. The van der Waals surface area contributed by atoms with Crippen molar-refractivity contribution in [3.05, 3.63) is 59.3 Å². The fourth-order valence-corrected chi connectivity index (χ4v) is 3.78. The van der Waals surface area contributed by atoms with Gasteiger partial charge in [0, 0.05) is 36.8 Å². The minimum atomic E-state index is 0.0280. The highest BCUT2D eigenvalue weighted by atomic mass is 16.5. The predicted octanol–water partition coefficient (Wildman–Crippen LogP) is 3.78. The summed E-state index contributed by atoms with van der Waals surface area (Å²) in [6, 6.07) is 9.13. The number of rotatable bonds is 4. The van der Waals surface area contributed by atoms with Crippen LogP contribution in [0.15, 0.2) is 41.1 Å². The summed E-state index contributed by atoms with van der Waals surface area (Å²) in [5.41, 5.74) is 3.24. The number of amides is 1. The summed E-state index contributed by atoms with van der Waals surface area (Å²) < 4.78 is 10.6. The van der Waals surface area contributed by atoms with Crippen LogP contribution in [0.4, 0.5) is 0 Å². The third-order valence-electron chi connectivity index (χ3n) is 5.26. The molecule has 3 heterocycles. The lowest BCUT2D eigenvalue weighted by molar-refractivity contribution is 0.0706. The Morgan fingerprint density at radius 2 is 2.03 bits per heavy atom. The highest BCUT2D eigenvalue weighted by Gasteiger charge is 2.29. The molecule has 0 bridgehead atoms. The van der Waals surface area contributed by atoms with Crippen LogP contribution >= 0.6 is 0 Å². The Kier molecular flexibility index (Phi) is 5.29. The molecule has 1 aliphatic rings. The normalized spacial score (nSPS) is 16.7. The molecule has 150 valence electrons. The first-order chi connectivity index (χ1) is 14.0. The van der Waals surface area contributed by atoms with Gasteiger partial charge in [0.15, 0.2) is 5.76 Å². The molecule has 3 aromatic rings. The van der Waals surface area contributed by atoms with E-state index in [-0.39, 0.29) is 11.8 Å². The van der Waals surface area contributed by atoms with E-state index < -0.39 is 0 Å². The number of likely N-dealkylation sites (tertiary alicyclic amines) is 1. The molecular weight excluding hydrogens is 368 g/mol. The Morgan fingerprint density at radius 3 is 2.72 bits per heavy atom. The van der Waals surface area contributed by atoms with Crippen molar-refractivity contribution in [1.82, 2.24) is 20.0 Å². The number of aryl methyl sites for hydroxylation is 2. The molecule has 1 saturated heterocycles. The fourth-order valence-electron chi connectivity index (χ4n) is 3.78. The fraction of sp³-hybridized carbons (Fsp3) is 0.364. The van der Waals surface area contributed by atoms with E-state index in [0.29, 0.717) is 23.7 Å². The first kappa shape index (κ1) is 19.1. The first-order valence-corrected chi connectivity index (χ1v) is 9.75. The number of methoxy groups -OCH3 is 1. The summed E-state index contributed by atoms with van der Waals surface area (Å²) in [5, 5.41) is 3.99. The molecule has 0 spiro atoms. The van der Waals surface area contributed by atoms with Gasteiger partial charge in [-0.3, -0.25) is 4.79 Å². The second kappa shape index (κ2) is 8.03. The first-order valence-electron chi connectivity index (χ1n) is 9.75. The summed E-state index contributed by atoms with van der Waals surface area (Å²) >= 11 is 0. The van der Waals surface area contributed by atoms with Crippen LogP contribution in [0.5, 0.6) is 5.75 Å². The van der Waals surface area contributed by atoms with E-state index in [0.717, 1.165) is 42.1 Å². The van der Waals surface area contributed by atoms with E-state index in [9.17, 15) is 4.79 Å². The van der Waals surface area contributed by atoms with Crippen LogP contribution in [-0.4, -0.2) is 46.1 Å². The minimum absolute atomic E-state index is 0.0280. The van der Waals surface area contributed by atoms with E-state index in [1.165, 1.54) is 0 Å². The van der Waals surface area contributed by atoms with Gasteiger partial charge in [-0.2, -0.15) is 0 Å². The molecular formula is C22H24N4O3. The van der Waals surface area contributed by atoms with Crippen LogP contribution in [-0.2, 0) is 0 Å². The van der Waals surface area contributed by atoms with Gasteiger partial charge >= 0.3 is 0 Å². The Labute approximate surface area is 169 Å². The number of hydrogen-bond donors (Lipinski definition) is 0. The van der Waals surface area contributed by atoms with Gasteiger partial charge in [-0.25, -0.2) is 9.97 Å². The maximum absolute atomic E-state index is 13.0. The summed E-state index contributed by atoms with van der Waals surface area (Å²) in [4.78, 5) is 24.0. The van der Waals surface area contributed by atoms with E-state index in [2.05, 4.69) is 10.1 Å². The molecule has 2 aromatic heterocycles. The molecule has 1 unspecified atom stereocenters. The van der Waals surface area contributed by atoms with Crippen LogP contribution in [0.25, 0.3) is 11.3 Å². The van der Waals surface area contributed by atoms with Crippen molar-refractivity contribution in [2.45, 2.75) is 32.6 Å². The molecule has 0 radical (unpaired) electrons. The Morgan fingerprint density at radius 1 is 1.24 bits per heavy atom. The van der Waals surface area contributed by atoms with E-state index in [1.54, 1.807) is 13.3 Å². The van der Waals surface area contributed by atoms with Crippen molar-refractivity contribution < 1.29 is 14.1 Å². The van der Waals surface area contributed by atoms with E-state index in [4.69, 9.17) is 14.2 Å². The highest BCUT2D eigenvalue weighted by molar-refractivity contribution is 5.94. The SMILES string of the molecule is COc1ccc(C(=O)N2CCCC(c3nc(C)ncc3-c3cc(C)no3)C2)cc1. The van der Waals surface area contributed by atoms with Crippen LogP contribution in [0, 0.1) is 13.8 Å². The second-order valence-corrected chi connectivity index (χ2v) is 7.37. The van der Waals surface area contributed by atoms with Crippen molar-refractivity contribution in [2.75, 3.05) is 20.2 Å². The summed E-state index contributed by atoms with van der Waals surface area (Å²) in [6.07, 6.45) is 3.68. The second-order valence-electron chi connectivity index (χ2n) is 7.37. The molecule has 0 N–H and O–H groups in total.